The van der Waals surface area contributed by atoms with Crippen molar-refractivity contribution < 1.29 is 14.7 Å². The highest BCUT2D eigenvalue weighted by atomic mass is 16.3. The number of likely N-dealkylation sites (tertiary alicyclic amines) is 2. The maximum Gasteiger partial charge on any atom is 0.257 e. The van der Waals surface area contributed by atoms with Crippen LogP contribution in [0.15, 0.2) is 18.7 Å². The molecule has 0 bridgehead atoms. The van der Waals surface area contributed by atoms with Crippen molar-refractivity contribution in [1.82, 2.24) is 25.1 Å². The fraction of sp³-hybridized carbons (Fsp3) is 0.647. The Hall–Kier alpha value is -2.06. The molecule has 1 aromatic heterocycles. The molecule has 0 spiro atoms. The molecule has 136 valence electrons. The van der Waals surface area contributed by atoms with Crippen molar-refractivity contribution in [3.8, 4) is 0 Å². The number of piperidine rings is 1. The molecule has 0 radical (unpaired) electrons. The zero-order chi connectivity index (χ0) is 17.9. The molecule has 0 unspecified atom stereocenters. The number of hydrogen-bond donors (Lipinski definition) is 2. The average molecular weight is 347 g/mol. The maximum atomic E-state index is 12.5. The highest BCUT2D eigenvalue weighted by Gasteiger charge is 2.40. The summed E-state index contributed by atoms with van der Waals surface area (Å²) in [5.41, 5.74) is -0.436. The SMILES string of the molecule is CC(=O)NC1CCN(C[C@]2(O)CCN(C(=O)c3cncnc3)C2)CC1. The van der Waals surface area contributed by atoms with E-state index in [1.807, 2.05) is 0 Å². The monoisotopic (exact) mass is 347 g/mol. The highest BCUT2D eigenvalue weighted by Crippen LogP contribution is 2.25. The molecule has 25 heavy (non-hydrogen) atoms. The molecule has 2 aliphatic rings. The Balaban J connectivity index is 1.51. The largest absolute Gasteiger partial charge is 0.387 e. The van der Waals surface area contributed by atoms with Crippen LogP contribution in [0.4, 0.5) is 0 Å². The predicted octanol–water partition coefficient (Wildman–Crippen LogP) is -0.346. The lowest BCUT2D eigenvalue weighted by atomic mass is 9.99. The minimum absolute atomic E-state index is 0.00640. The van der Waals surface area contributed by atoms with Crippen molar-refractivity contribution in [2.24, 2.45) is 0 Å². The molecule has 0 aliphatic carbocycles. The smallest absolute Gasteiger partial charge is 0.257 e. The lowest BCUT2D eigenvalue weighted by molar-refractivity contribution is -0.120. The van der Waals surface area contributed by atoms with E-state index in [1.165, 1.54) is 25.6 Å². The number of aliphatic hydroxyl groups is 1. The molecule has 2 fully saturated rings. The van der Waals surface area contributed by atoms with Crippen LogP contribution in [0, 0.1) is 0 Å². The molecular formula is C17H25N5O3. The summed E-state index contributed by atoms with van der Waals surface area (Å²) in [5, 5.41) is 13.8. The Bertz CT molecular complexity index is 618. The van der Waals surface area contributed by atoms with Crippen LogP contribution in [0.5, 0.6) is 0 Å². The van der Waals surface area contributed by atoms with Gasteiger partial charge in [0, 0.05) is 51.5 Å². The van der Waals surface area contributed by atoms with E-state index in [9.17, 15) is 14.7 Å². The first-order valence-electron chi connectivity index (χ1n) is 8.71. The number of amides is 2. The van der Waals surface area contributed by atoms with E-state index >= 15 is 0 Å². The first-order chi connectivity index (χ1) is 12.0. The van der Waals surface area contributed by atoms with Gasteiger partial charge in [-0.25, -0.2) is 9.97 Å². The van der Waals surface area contributed by atoms with Gasteiger partial charge < -0.3 is 20.2 Å². The van der Waals surface area contributed by atoms with Gasteiger partial charge in [-0.1, -0.05) is 0 Å². The van der Waals surface area contributed by atoms with Crippen molar-refractivity contribution >= 4 is 11.8 Å². The minimum atomic E-state index is -0.883. The number of hydrogen-bond acceptors (Lipinski definition) is 6. The number of rotatable bonds is 4. The Morgan fingerprint density at radius 3 is 2.60 bits per heavy atom. The van der Waals surface area contributed by atoms with Crippen LogP contribution in [-0.4, -0.2) is 81.1 Å². The number of β-amino-alcohol motifs (C(OH)–C–C–N with tert-alkyl or cyclic N) is 1. The van der Waals surface area contributed by atoms with Crippen molar-refractivity contribution in [2.45, 2.75) is 37.8 Å². The Morgan fingerprint density at radius 2 is 1.96 bits per heavy atom. The lowest BCUT2D eigenvalue weighted by Gasteiger charge is -2.36. The summed E-state index contributed by atoms with van der Waals surface area (Å²) in [6.45, 7) is 4.63. The molecule has 3 heterocycles. The third-order valence-electron chi connectivity index (χ3n) is 4.94. The molecule has 3 rings (SSSR count). The standard InChI is InChI=1S/C17H25N5O3/c1-13(23)20-15-2-5-21(6-3-15)10-17(25)4-7-22(11-17)16(24)14-8-18-12-19-9-14/h8-9,12,15,25H,2-7,10-11H2,1H3,(H,20,23)/t17-/m1/s1. The zero-order valence-electron chi connectivity index (χ0n) is 14.5. The van der Waals surface area contributed by atoms with Gasteiger partial charge in [0.2, 0.25) is 5.91 Å². The Morgan fingerprint density at radius 1 is 1.28 bits per heavy atom. The van der Waals surface area contributed by atoms with Crippen molar-refractivity contribution in [3.05, 3.63) is 24.3 Å². The fourth-order valence-electron chi connectivity index (χ4n) is 3.69. The van der Waals surface area contributed by atoms with E-state index in [4.69, 9.17) is 0 Å². The molecule has 2 amide bonds. The van der Waals surface area contributed by atoms with Gasteiger partial charge in [-0.15, -0.1) is 0 Å². The van der Waals surface area contributed by atoms with Crippen LogP contribution in [0.3, 0.4) is 0 Å². The fourth-order valence-corrected chi connectivity index (χ4v) is 3.69. The molecule has 1 aromatic rings. The third-order valence-corrected chi connectivity index (χ3v) is 4.94. The quantitative estimate of drug-likeness (QED) is 0.773. The molecule has 0 aromatic carbocycles. The first kappa shape index (κ1) is 17.8. The van der Waals surface area contributed by atoms with Crippen molar-refractivity contribution in [3.63, 3.8) is 0 Å². The average Bonchev–Trinajstić information content (AvgIpc) is 2.98. The molecule has 2 saturated heterocycles. The predicted molar refractivity (Wildman–Crippen MR) is 90.8 cm³/mol. The minimum Gasteiger partial charge on any atom is -0.387 e. The van der Waals surface area contributed by atoms with Gasteiger partial charge in [-0.3, -0.25) is 9.59 Å². The maximum absolute atomic E-state index is 12.5. The van der Waals surface area contributed by atoms with E-state index in [0.717, 1.165) is 25.9 Å². The summed E-state index contributed by atoms with van der Waals surface area (Å²) >= 11 is 0. The first-order valence-corrected chi connectivity index (χ1v) is 8.71. The van der Waals surface area contributed by atoms with Crippen LogP contribution in [-0.2, 0) is 4.79 Å². The van der Waals surface area contributed by atoms with E-state index in [2.05, 4.69) is 20.2 Å². The van der Waals surface area contributed by atoms with E-state index < -0.39 is 5.60 Å². The second kappa shape index (κ2) is 7.45. The number of carbonyl (C=O) groups is 2. The molecule has 8 nitrogen and oxygen atoms in total. The van der Waals surface area contributed by atoms with E-state index in [-0.39, 0.29) is 17.9 Å². The highest BCUT2D eigenvalue weighted by molar-refractivity contribution is 5.93. The molecule has 2 aliphatic heterocycles. The Kier molecular flexibility index (Phi) is 5.29. The number of nitrogens with one attached hydrogen (secondary N) is 1. The molecule has 2 N–H and O–H groups in total. The molecular weight excluding hydrogens is 322 g/mol. The van der Waals surface area contributed by atoms with Gasteiger partial charge in [0.15, 0.2) is 0 Å². The van der Waals surface area contributed by atoms with Crippen molar-refractivity contribution in [2.75, 3.05) is 32.7 Å². The number of nitrogens with zero attached hydrogens (tertiary/aromatic N) is 4. The molecule has 1 atom stereocenters. The molecule has 8 heteroatoms. The summed E-state index contributed by atoms with van der Waals surface area (Å²) in [4.78, 5) is 35.2. The topological polar surface area (TPSA) is 98.7 Å². The number of aromatic nitrogens is 2. The van der Waals surface area contributed by atoms with Crippen LogP contribution < -0.4 is 5.32 Å². The second-order valence-corrected chi connectivity index (χ2v) is 7.08. The van der Waals surface area contributed by atoms with Gasteiger partial charge in [0.1, 0.15) is 6.33 Å². The van der Waals surface area contributed by atoms with Crippen LogP contribution in [0.2, 0.25) is 0 Å². The summed E-state index contributed by atoms with van der Waals surface area (Å²) in [7, 11) is 0. The normalized spacial score (nSPS) is 25.1. The number of carbonyl (C=O) groups excluding carboxylic acids is 2. The van der Waals surface area contributed by atoms with Gasteiger partial charge in [0.05, 0.1) is 17.7 Å². The van der Waals surface area contributed by atoms with E-state index in [1.54, 1.807) is 4.90 Å². The molecule has 0 saturated carbocycles. The Labute approximate surface area is 147 Å². The summed E-state index contributed by atoms with van der Waals surface area (Å²) in [6.07, 6.45) is 6.73. The summed E-state index contributed by atoms with van der Waals surface area (Å²) in [6, 6.07) is 0.225. The van der Waals surface area contributed by atoms with Crippen molar-refractivity contribution in [1.29, 1.82) is 0 Å². The second-order valence-electron chi connectivity index (χ2n) is 7.08. The van der Waals surface area contributed by atoms with Crippen LogP contribution in [0.1, 0.15) is 36.5 Å². The van der Waals surface area contributed by atoms with Crippen LogP contribution in [0.25, 0.3) is 0 Å². The third kappa shape index (κ3) is 4.52. The van der Waals surface area contributed by atoms with Gasteiger partial charge >= 0.3 is 0 Å². The van der Waals surface area contributed by atoms with Crippen LogP contribution >= 0.6 is 0 Å². The zero-order valence-corrected chi connectivity index (χ0v) is 14.5. The van der Waals surface area contributed by atoms with Gasteiger partial charge in [-0.2, -0.15) is 0 Å². The van der Waals surface area contributed by atoms with Gasteiger partial charge in [-0.05, 0) is 19.3 Å². The summed E-state index contributed by atoms with van der Waals surface area (Å²) in [5.74, 6) is -0.132. The summed E-state index contributed by atoms with van der Waals surface area (Å²) < 4.78 is 0. The van der Waals surface area contributed by atoms with Gasteiger partial charge in [0.25, 0.3) is 5.91 Å². The lowest BCUT2D eigenvalue weighted by Crippen LogP contribution is -2.50. The van der Waals surface area contributed by atoms with E-state index in [0.29, 0.717) is 31.6 Å².